The molecule has 1 unspecified atom stereocenters. The number of amides is 2. The number of benzene rings is 1. The van der Waals surface area contributed by atoms with E-state index in [1.54, 1.807) is 19.1 Å². The van der Waals surface area contributed by atoms with Gasteiger partial charge in [-0.2, -0.15) is 0 Å². The fraction of sp³-hybridized carbons (Fsp3) is 0.143. The highest BCUT2D eigenvalue weighted by molar-refractivity contribution is 14.1. The quantitative estimate of drug-likeness (QED) is 0.775. The van der Waals surface area contributed by atoms with E-state index in [-0.39, 0.29) is 11.8 Å². The minimum Gasteiger partial charge on any atom is -0.340 e. The molecule has 0 saturated carbocycles. The topological polar surface area (TPSA) is 58.2 Å². The van der Waals surface area contributed by atoms with Crippen LogP contribution in [0.5, 0.6) is 0 Å². The molecule has 0 aliphatic carbocycles. The van der Waals surface area contributed by atoms with Crippen LogP contribution in [-0.4, -0.2) is 17.9 Å². The Kier molecular flexibility index (Phi) is 5.13. The molecule has 2 amide bonds. The smallest absolute Gasteiger partial charge is 0.261 e. The van der Waals surface area contributed by atoms with Crippen LogP contribution < -0.4 is 10.6 Å². The van der Waals surface area contributed by atoms with Gasteiger partial charge in [0.05, 0.1) is 4.88 Å². The summed E-state index contributed by atoms with van der Waals surface area (Å²) in [5, 5.41) is 7.28. The van der Waals surface area contributed by atoms with Gasteiger partial charge in [0.15, 0.2) is 0 Å². The maximum atomic E-state index is 12.0. The van der Waals surface area contributed by atoms with Crippen LogP contribution in [0.4, 0.5) is 5.69 Å². The van der Waals surface area contributed by atoms with E-state index in [0.29, 0.717) is 4.88 Å². The first-order chi connectivity index (χ1) is 9.56. The Labute approximate surface area is 134 Å². The summed E-state index contributed by atoms with van der Waals surface area (Å²) in [6.07, 6.45) is 0. The Morgan fingerprint density at radius 2 is 2.05 bits per heavy atom. The minimum absolute atomic E-state index is 0.231. The molecule has 20 heavy (non-hydrogen) atoms. The summed E-state index contributed by atoms with van der Waals surface area (Å²) >= 11 is 3.52. The van der Waals surface area contributed by atoms with Gasteiger partial charge in [-0.15, -0.1) is 11.3 Å². The lowest BCUT2D eigenvalue weighted by Gasteiger charge is -2.13. The molecule has 0 radical (unpaired) electrons. The van der Waals surface area contributed by atoms with Gasteiger partial charge < -0.3 is 10.6 Å². The van der Waals surface area contributed by atoms with E-state index >= 15 is 0 Å². The van der Waals surface area contributed by atoms with Crippen molar-refractivity contribution >= 4 is 51.4 Å². The third-order valence-corrected chi connectivity index (χ3v) is 4.12. The first-order valence-corrected chi connectivity index (χ1v) is 7.93. The van der Waals surface area contributed by atoms with Crippen molar-refractivity contribution in [2.45, 2.75) is 13.0 Å². The van der Waals surface area contributed by atoms with Crippen LogP contribution in [0.15, 0.2) is 41.8 Å². The molecule has 104 valence electrons. The fourth-order valence-electron chi connectivity index (χ4n) is 1.56. The molecular weight excluding hydrogens is 387 g/mol. The number of nitrogens with one attached hydrogen (secondary N) is 2. The highest BCUT2D eigenvalue weighted by Gasteiger charge is 2.17. The van der Waals surface area contributed by atoms with Crippen molar-refractivity contribution in [2.24, 2.45) is 0 Å². The Morgan fingerprint density at radius 3 is 2.70 bits per heavy atom. The molecule has 0 bridgehead atoms. The van der Waals surface area contributed by atoms with Crippen molar-refractivity contribution in [3.05, 3.63) is 50.2 Å². The lowest BCUT2D eigenvalue weighted by molar-refractivity contribution is -0.117. The third kappa shape index (κ3) is 4.04. The molecule has 0 spiro atoms. The summed E-state index contributed by atoms with van der Waals surface area (Å²) in [4.78, 5) is 24.4. The zero-order valence-corrected chi connectivity index (χ0v) is 13.7. The molecule has 2 N–H and O–H groups in total. The van der Waals surface area contributed by atoms with Gasteiger partial charge in [-0.05, 0) is 59.2 Å². The lowest BCUT2D eigenvalue weighted by atomic mass is 10.2. The number of hydrogen-bond donors (Lipinski definition) is 2. The Morgan fingerprint density at radius 1 is 1.25 bits per heavy atom. The molecular formula is C14H13IN2O2S. The van der Waals surface area contributed by atoms with Crippen LogP contribution in [0.2, 0.25) is 0 Å². The third-order valence-electron chi connectivity index (χ3n) is 2.58. The number of anilines is 1. The number of thiophene rings is 1. The second-order valence-corrected chi connectivity index (χ2v) is 6.37. The minimum atomic E-state index is -0.595. The van der Waals surface area contributed by atoms with E-state index < -0.39 is 6.04 Å². The first kappa shape index (κ1) is 15.0. The SMILES string of the molecule is CC(NC(=O)c1cccs1)C(=O)Nc1cccc(I)c1. The molecule has 0 aliphatic heterocycles. The molecule has 1 aromatic carbocycles. The van der Waals surface area contributed by atoms with Crippen LogP contribution in [0.1, 0.15) is 16.6 Å². The van der Waals surface area contributed by atoms with E-state index in [9.17, 15) is 9.59 Å². The summed E-state index contributed by atoms with van der Waals surface area (Å²) in [5.74, 6) is -0.470. The standard InChI is InChI=1S/C14H13IN2O2S/c1-9(16-14(19)12-6-3-7-20-12)13(18)17-11-5-2-4-10(15)8-11/h2-9H,1H3,(H,16,19)(H,17,18). The molecule has 4 nitrogen and oxygen atoms in total. The summed E-state index contributed by atoms with van der Waals surface area (Å²) in [7, 11) is 0. The Hall–Kier alpha value is -1.41. The van der Waals surface area contributed by atoms with Crippen molar-refractivity contribution in [3.8, 4) is 0 Å². The summed E-state index contributed by atoms with van der Waals surface area (Å²) < 4.78 is 1.04. The second kappa shape index (κ2) is 6.85. The van der Waals surface area contributed by atoms with Crippen molar-refractivity contribution in [3.63, 3.8) is 0 Å². The molecule has 2 aromatic rings. The number of carbonyl (C=O) groups is 2. The predicted molar refractivity (Wildman–Crippen MR) is 89.0 cm³/mol. The Bertz CT molecular complexity index is 613. The monoisotopic (exact) mass is 400 g/mol. The highest BCUT2D eigenvalue weighted by Crippen LogP contribution is 2.13. The van der Waals surface area contributed by atoms with Crippen molar-refractivity contribution < 1.29 is 9.59 Å². The van der Waals surface area contributed by atoms with Crippen LogP contribution in [0.25, 0.3) is 0 Å². The maximum absolute atomic E-state index is 12.0. The van der Waals surface area contributed by atoms with Gasteiger partial charge in [0.1, 0.15) is 6.04 Å². The Balaban J connectivity index is 1.94. The molecule has 1 atom stereocenters. The average molecular weight is 400 g/mol. The van der Waals surface area contributed by atoms with E-state index in [0.717, 1.165) is 9.26 Å². The second-order valence-electron chi connectivity index (χ2n) is 4.17. The van der Waals surface area contributed by atoms with Crippen molar-refractivity contribution in [1.82, 2.24) is 5.32 Å². The zero-order valence-electron chi connectivity index (χ0n) is 10.7. The number of rotatable bonds is 4. The zero-order chi connectivity index (χ0) is 14.5. The molecule has 0 saturated heterocycles. The normalized spacial score (nSPS) is 11.7. The van der Waals surface area contributed by atoms with Gasteiger partial charge in [-0.3, -0.25) is 9.59 Å². The first-order valence-electron chi connectivity index (χ1n) is 5.97. The van der Waals surface area contributed by atoms with Crippen LogP contribution in [0.3, 0.4) is 0 Å². The van der Waals surface area contributed by atoms with E-state index in [4.69, 9.17) is 0 Å². The molecule has 1 heterocycles. The largest absolute Gasteiger partial charge is 0.340 e. The number of carbonyl (C=O) groups excluding carboxylic acids is 2. The highest BCUT2D eigenvalue weighted by atomic mass is 127. The average Bonchev–Trinajstić information content (AvgIpc) is 2.92. The molecule has 0 fully saturated rings. The summed E-state index contributed by atoms with van der Waals surface area (Å²) in [6, 6.07) is 10.4. The number of hydrogen-bond acceptors (Lipinski definition) is 3. The van der Waals surface area contributed by atoms with Gasteiger partial charge in [-0.1, -0.05) is 12.1 Å². The number of halogens is 1. The van der Waals surface area contributed by atoms with E-state index in [1.165, 1.54) is 11.3 Å². The fourth-order valence-corrected chi connectivity index (χ4v) is 2.73. The molecule has 2 rings (SSSR count). The van der Waals surface area contributed by atoms with Crippen molar-refractivity contribution in [1.29, 1.82) is 0 Å². The van der Waals surface area contributed by atoms with Gasteiger partial charge in [0, 0.05) is 9.26 Å². The predicted octanol–water partition coefficient (Wildman–Crippen LogP) is 3.11. The van der Waals surface area contributed by atoms with E-state index in [1.807, 2.05) is 29.6 Å². The summed E-state index contributed by atoms with van der Waals surface area (Å²) in [6.45, 7) is 1.66. The van der Waals surface area contributed by atoms with Gasteiger partial charge >= 0.3 is 0 Å². The van der Waals surface area contributed by atoms with Crippen molar-refractivity contribution in [2.75, 3.05) is 5.32 Å². The molecule has 6 heteroatoms. The lowest BCUT2D eigenvalue weighted by Crippen LogP contribution is -2.41. The summed E-state index contributed by atoms with van der Waals surface area (Å²) in [5.41, 5.74) is 0.721. The van der Waals surface area contributed by atoms with Crippen LogP contribution >= 0.6 is 33.9 Å². The molecule has 0 aliphatic rings. The molecule has 1 aromatic heterocycles. The van der Waals surface area contributed by atoms with Gasteiger partial charge in [0.25, 0.3) is 5.91 Å². The maximum Gasteiger partial charge on any atom is 0.261 e. The van der Waals surface area contributed by atoms with Gasteiger partial charge in [0.2, 0.25) is 5.91 Å². The van der Waals surface area contributed by atoms with Crippen LogP contribution in [-0.2, 0) is 4.79 Å². The van der Waals surface area contributed by atoms with Gasteiger partial charge in [-0.25, -0.2) is 0 Å². The van der Waals surface area contributed by atoms with Crippen LogP contribution in [0, 0.1) is 3.57 Å². The van der Waals surface area contributed by atoms with E-state index in [2.05, 4.69) is 33.2 Å².